The van der Waals surface area contributed by atoms with E-state index in [1.807, 2.05) is 0 Å². The number of rotatable bonds is 3. The van der Waals surface area contributed by atoms with Crippen LogP contribution in [0.15, 0.2) is 18.2 Å². The van der Waals surface area contributed by atoms with Crippen LogP contribution < -0.4 is 5.32 Å². The molecule has 1 aromatic rings. The van der Waals surface area contributed by atoms with Gasteiger partial charge in [-0.3, -0.25) is 0 Å². The SMILES string of the molecule is CN(C)C(=O)NCc1ccc(F)c(C(=O)O)c1. The molecule has 2 amide bonds. The minimum Gasteiger partial charge on any atom is -0.478 e. The van der Waals surface area contributed by atoms with Crippen LogP contribution in [0.5, 0.6) is 0 Å². The van der Waals surface area contributed by atoms with Crippen molar-refractivity contribution in [2.45, 2.75) is 6.54 Å². The maximum atomic E-state index is 13.1. The summed E-state index contributed by atoms with van der Waals surface area (Å²) in [7, 11) is 3.17. The van der Waals surface area contributed by atoms with E-state index in [9.17, 15) is 14.0 Å². The van der Waals surface area contributed by atoms with Gasteiger partial charge in [0.2, 0.25) is 0 Å². The molecule has 92 valence electrons. The Hall–Kier alpha value is -2.11. The van der Waals surface area contributed by atoms with Crippen LogP contribution in [0.1, 0.15) is 15.9 Å². The molecule has 0 radical (unpaired) electrons. The minimum absolute atomic E-state index is 0.150. The van der Waals surface area contributed by atoms with Gasteiger partial charge in [-0.15, -0.1) is 0 Å². The number of aromatic carboxylic acids is 1. The lowest BCUT2D eigenvalue weighted by molar-refractivity contribution is 0.0691. The predicted molar refractivity (Wildman–Crippen MR) is 59.3 cm³/mol. The topological polar surface area (TPSA) is 69.6 Å². The number of urea groups is 1. The summed E-state index contributed by atoms with van der Waals surface area (Å²) in [5.41, 5.74) is 0.126. The normalized spacial score (nSPS) is 9.82. The molecule has 0 aliphatic carbocycles. The molecule has 0 heterocycles. The Morgan fingerprint density at radius 3 is 2.59 bits per heavy atom. The number of carbonyl (C=O) groups is 2. The van der Waals surface area contributed by atoms with Crippen LogP contribution in [0.2, 0.25) is 0 Å². The fourth-order valence-corrected chi connectivity index (χ4v) is 1.18. The van der Waals surface area contributed by atoms with Gasteiger partial charge in [0.25, 0.3) is 0 Å². The summed E-state index contributed by atoms with van der Waals surface area (Å²) in [5.74, 6) is -2.12. The van der Waals surface area contributed by atoms with Crippen molar-refractivity contribution >= 4 is 12.0 Å². The molecule has 0 saturated heterocycles. The number of carboxylic acids is 1. The first-order chi connectivity index (χ1) is 7.91. The molecule has 0 aromatic heterocycles. The highest BCUT2D eigenvalue weighted by molar-refractivity contribution is 5.88. The van der Waals surface area contributed by atoms with Gasteiger partial charge in [0.1, 0.15) is 5.82 Å². The number of hydrogen-bond donors (Lipinski definition) is 2. The maximum absolute atomic E-state index is 13.1. The molecule has 1 aromatic carbocycles. The van der Waals surface area contributed by atoms with Gasteiger partial charge in [0, 0.05) is 20.6 Å². The van der Waals surface area contributed by atoms with Crippen LogP contribution in [0.3, 0.4) is 0 Å². The van der Waals surface area contributed by atoms with Crippen molar-refractivity contribution in [3.05, 3.63) is 35.1 Å². The maximum Gasteiger partial charge on any atom is 0.338 e. The van der Waals surface area contributed by atoms with E-state index in [-0.39, 0.29) is 12.6 Å². The fraction of sp³-hybridized carbons (Fsp3) is 0.273. The predicted octanol–water partition coefficient (Wildman–Crippen LogP) is 1.30. The van der Waals surface area contributed by atoms with E-state index >= 15 is 0 Å². The molecule has 0 bridgehead atoms. The van der Waals surface area contributed by atoms with Crippen LogP contribution >= 0.6 is 0 Å². The minimum atomic E-state index is -1.33. The first-order valence-corrected chi connectivity index (χ1v) is 4.88. The van der Waals surface area contributed by atoms with Gasteiger partial charge in [-0.1, -0.05) is 6.07 Å². The third-order valence-corrected chi connectivity index (χ3v) is 2.11. The molecular weight excluding hydrogens is 227 g/mol. The number of amides is 2. The van der Waals surface area contributed by atoms with Crippen molar-refractivity contribution in [1.29, 1.82) is 0 Å². The van der Waals surface area contributed by atoms with Crippen LogP contribution in [-0.4, -0.2) is 36.1 Å². The highest BCUT2D eigenvalue weighted by atomic mass is 19.1. The zero-order valence-corrected chi connectivity index (χ0v) is 9.53. The van der Waals surface area contributed by atoms with E-state index in [4.69, 9.17) is 5.11 Å². The number of nitrogens with one attached hydrogen (secondary N) is 1. The van der Waals surface area contributed by atoms with E-state index < -0.39 is 17.3 Å². The summed E-state index contributed by atoms with van der Waals surface area (Å²) < 4.78 is 13.1. The Morgan fingerprint density at radius 2 is 2.06 bits per heavy atom. The van der Waals surface area contributed by atoms with Gasteiger partial charge in [-0.25, -0.2) is 14.0 Å². The average molecular weight is 240 g/mol. The third kappa shape index (κ3) is 3.44. The number of nitrogens with zero attached hydrogens (tertiary/aromatic N) is 1. The van der Waals surface area contributed by atoms with Gasteiger partial charge >= 0.3 is 12.0 Å². The lowest BCUT2D eigenvalue weighted by Crippen LogP contribution is -2.33. The lowest BCUT2D eigenvalue weighted by atomic mass is 10.1. The molecule has 0 aliphatic rings. The number of benzene rings is 1. The second kappa shape index (κ2) is 5.29. The third-order valence-electron chi connectivity index (χ3n) is 2.11. The quantitative estimate of drug-likeness (QED) is 0.836. The Labute approximate surface area is 97.8 Å². The Kier molecular flexibility index (Phi) is 4.03. The number of carboxylic acid groups (broad SMARTS) is 1. The van der Waals surface area contributed by atoms with E-state index in [1.54, 1.807) is 14.1 Å². The summed E-state index contributed by atoms with van der Waals surface area (Å²) in [4.78, 5) is 23.3. The highest BCUT2D eigenvalue weighted by Crippen LogP contribution is 2.10. The molecule has 5 nitrogen and oxygen atoms in total. The Morgan fingerprint density at radius 1 is 1.41 bits per heavy atom. The van der Waals surface area contributed by atoms with Crippen molar-refractivity contribution in [3.8, 4) is 0 Å². The van der Waals surface area contributed by atoms with Gasteiger partial charge < -0.3 is 15.3 Å². The summed E-state index contributed by atoms with van der Waals surface area (Å²) in [6.45, 7) is 0.150. The van der Waals surface area contributed by atoms with Crippen molar-refractivity contribution in [2.75, 3.05) is 14.1 Å². The van der Waals surface area contributed by atoms with Gasteiger partial charge in [0.05, 0.1) is 5.56 Å². The molecule has 0 atom stereocenters. The van der Waals surface area contributed by atoms with Gasteiger partial charge in [0.15, 0.2) is 0 Å². The summed E-state index contributed by atoms with van der Waals surface area (Å²) >= 11 is 0. The van der Waals surface area contributed by atoms with Crippen molar-refractivity contribution in [1.82, 2.24) is 10.2 Å². The second-order valence-corrected chi connectivity index (χ2v) is 3.67. The number of carbonyl (C=O) groups excluding carboxylic acids is 1. The van der Waals surface area contributed by atoms with Crippen molar-refractivity contribution in [3.63, 3.8) is 0 Å². The summed E-state index contributed by atoms with van der Waals surface area (Å²) in [5, 5.41) is 11.3. The molecule has 0 fully saturated rings. The lowest BCUT2D eigenvalue weighted by Gasteiger charge is -2.12. The first-order valence-electron chi connectivity index (χ1n) is 4.88. The van der Waals surface area contributed by atoms with Crippen molar-refractivity contribution < 1.29 is 19.1 Å². The van der Waals surface area contributed by atoms with Crippen LogP contribution in [0, 0.1) is 5.82 Å². The van der Waals surface area contributed by atoms with Crippen LogP contribution in [0.4, 0.5) is 9.18 Å². The molecule has 1 rings (SSSR count). The summed E-state index contributed by atoms with van der Waals surface area (Å²) in [6.07, 6.45) is 0. The zero-order chi connectivity index (χ0) is 13.0. The van der Waals surface area contributed by atoms with Gasteiger partial charge in [-0.2, -0.15) is 0 Å². The van der Waals surface area contributed by atoms with Crippen LogP contribution in [-0.2, 0) is 6.54 Å². The smallest absolute Gasteiger partial charge is 0.338 e. The van der Waals surface area contributed by atoms with Crippen molar-refractivity contribution in [2.24, 2.45) is 0 Å². The molecule has 0 aliphatic heterocycles. The van der Waals surface area contributed by atoms with Crippen LogP contribution in [0.25, 0.3) is 0 Å². The monoisotopic (exact) mass is 240 g/mol. The molecule has 17 heavy (non-hydrogen) atoms. The number of halogens is 1. The van der Waals surface area contributed by atoms with E-state index in [2.05, 4.69) is 5.32 Å². The molecule has 0 unspecified atom stereocenters. The molecule has 2 N–H and O–H groups in total. The largest absolute Gasteiger partial charge is 0.478 e. The highest BCUT2D eigenvalue weighted by Gasteiger charge is 2.11. The Bertz CT molecular complexity index is 446. The fourth-order valence-electron chi connectivity index (χ4n) is 1.18. The van der Waals surface area contributed by atoms with E-state index in [0.29, 0.717) is 5.56 Å². The standard InChI is InChI=1S/C11H13FN2O3/c1-14(2)11(17)13-6-7-3-4-9(12)8(5-7)10(15)16/h3-5H,6H2,1-2H3,(H,13,17)(H,15,16). The first kappa shape index (κ1) is 13.0. The molecule has 0 spiro atoms. The molecular formula is C11H13FN2O3. The molecule has 6 heteroatoms. The van der Waals surface area contributed by atoms with E-state index in [0.717, 1.165) is 6.07 Å². The average Bonchev–Trinajstić information content (AvgIpc) is 2.26. The second-order valence-electron chi connectivity index (χ2n) is 3.67. The van der Waals surface area contributed by atoms with Gasteiger partial charge in [-0.05, 0) is 17.7 Å². The zero-order valence-electron chi connectivity index (χ0n) is 9.53. The van der Waals surface area contributed by atoms with E-state index in [1.165, 1.54) is 17.0 Å². The Balaban J connectivity index is 2.76. The summed E-state index contributed by atoms with van der Waals surface area (Å²) in [6, 6.07) is 3.40. The number of hydrogen-bond acceptors (Lipinski definition) is 2. The molecule has 0 saturated carbocycles.